The molecule has 1 fully saturated rings. The van der Waals surface area contributed by atoms with Gasteiger partial charge < -0.3 is 5.32 Å². The number of hydrogen-bond acceptors (Lipinski definition) is 1. The summed E-state index contributed by atoms with van der Waals surface area (Å²) >= 11 is 0. The minimum Gasteiger partial charge on any atom is -0.310 e. The van der Waals surface area contributed by atoms with Crippen LogP contribution in [0.4, 0.5) is 4.39 Å². The lowest BCUT2D eigenvalue weighted by atomic mass is 10.0. The molecule has 1 aromatic carbocycles. The molecule has 0 amide bonds. The van der Waals surface area contributed by atoms with Crippen molar-refractivity contribution in [2.45, 2.75) is 25.8 Å². The second-order valence-corrected chi connectivity index (χ2v) is 3.66. The topological polar surface area (TPSA) is 12.0 Å². The lowest BCUT2D eigenvalue weighted by Gasteiger charge is -2.10. The third kappa shape index (κ3) is 2.25. The molecule has 0 bridgehead atoms. The van der Waals surface area contributed by atoms with E-state index in [0.29, 0.717) is 6.04 Å². The highest BCUT2D eigenvalue weighted by molar-refractivity contribution is 5.85. The predicted molar refractivity (Wildman–Crippen MR) is 58.4 cm³/mol. The van der Waals surface area contributed by atoms with Crippen LogP contribution in [-0.4, -0.2) is 6.54 Å². The quantitative estimate of drug-likeness (QED) is 0.760. The highest BCUT2D eigenvalue weighted by Crippen LogP contribution is 2.24. The zero-order valence-corrected chi connectivity index (χ0v) is 9.03. The van der Waals surface area contributed by atoms with Gasteiger partial charge in [-0.1, -0.05) is 12.1 Å². The highest BCUT2D eigenvalue weighted by Gasteiger charge is 2.16. The standard InChI is InChI=1S/C11H14FN.ClH/c1-8-4-5-9(7-10(8)12)11-3-2-6-13-11;/h4-5,7,11,13H,2-3,6H2,1H3;1H/t11-;/m1./s1. The van der Waals surface area contributed by atoms with E-state index in [1.165, 1.54) is 6.42 Å². The summed E-state index contributed by atoms with van der Waals surface area (Å²) in [5, 5.41) is 3.35. The van der Waals surface area contributed by atoms with Crippen molar-refractivity contribution in [3.05, 3.63) is 35.1 Å². The summed E-state index contributed by atoms with van der Waals surface area (Å²) < 4.78 is 13.2. The summed E-state index contributed by atoms with van der Waals surface area (Å²) in [5.41, 5.74) is 1.81. The smallest absolute Gasteiger partial charge is 0.126 e. The SMILES string of the molecule is Cc1ccc([C@H]2CCCN2)cc1F.Cl. The molecule has 0 saturated carbocycles. The van der Waals surface area contributed by atoms with Gasteiger partial charge in [-0.25, -0.2) is 4.39 Å². The van der Waals surface area contributed by atoms with Crippen molar-refractivity contribution in [1.29, 1.82) is 0 Å². The van der Waals surface area contributed by atoms with Crippen molar-refractivity contribution in [2.75, 3.05) is 6.54 Å². The minimum atomic E-state index is -0.0915. The second-order valence-electron chi connectivity index (χ2n) is 3.66. The van der Waals surface area contributed by atoms with Gasteiger partial charge in [-0.2, -0.15) is 0 Å². The first kappa shape index (κ1) is 11.5. The Morgan fingerprint density at radius 1 is 1.43 bits per heavy atom. The predicted octanol–water partition coefficient (Wildman–Crippen LogP) is 2.98. The molecule has 0 radical (unpaired) electrons. The summed E-state index contributed by atoms with van der Waals surface area (Å²) in [4.78, 5) is 0. The number of halogens is 2. The average Bonchev–Trinajstić information content (AvgIpc) is 2.62. The van der Waals surface area contributed by atoms with Gasteiger partial charge in [-0.3, -0.25) is 0 Å². The fourth-order valence-corrected chi connectivity index (χ4v) is 1.79. The van der Waals surface area contributed by atoms with Gasteiger partial charge >= 0.3 is 0 Å². The number of hydrogen-bond donors (Lipinski definition) is 1. The summed E-state index contributed by atoms with van der Waals surface area (Å²) in [6.45, 7) is 2.85. The van der Waals surface area contributed by atoms with E-state index in [2.05, 4.69) is 5.32 Å². The molecule has 1 aromatic rings. The molecule has 1 saturated heterocycles. The van der Waals surface area contributed by atoms with E-state index in [4.69, 9.17) is 0 Å². The first-order chi connectivity index (χ1) is 6.27. The lowest BCUT2D eigenvalue weighted by Crippen LogP contribution is -2.12. The van der Waals surface area contributed by atoms with Gasteiger partial charge in [0.1, 0.15) is 5.82 Å². The van der Waals surface area contributed by atoms with Crippen LogP contribution in [0.2, 0.25) is 0 Å². The Bertz CT molecular complexity index is 308. The average molecular weight is 216 g/mol. The van der Waals surface area contributed by atoms with E-state index in [1.54, 1.807) is 13.0 Å². The van der Waals surface area contributed by atoms with E-state index in [9.17, 15) is 4.39 Å². The van der Waals surface area contributed by atoms with E-state index < -0.39 is 0 Å². The molecule has 3 heteroatoms. The molecule has 1 heterocycles. The maximum atomic E-state index is 13.2. The Morgan fingerprint density at radius 3 is 2.79 bits per heavy atom. The van der Waals surface area contributed by atoms with Crippen LogP contribution in [-0.2, 0) is 0 Å². The van der Waals surface area contributed by atoms with Gasteiger partial charge in [0.2, 0.25) is 0 Å². The Balaban J connectivity index is 0.000000980. The monoisotopic (exact) mass is 215 g/mol. The summed E-state index contributed by atoms with van der Waals surface area (Å²) in [6, 6.07) is 5.89. The number of benzene rings is 1. The van der Waals surface area contributed by atoms with E-state index >= 15 is 0 Å². The fourth-order valence-electron chi connectivity index (χ4n) is 1.79. The molecule has 0 aliphatic carbocycles. The maximum Gasteiger partial charge on any atom is 0.126 e. The molecule has 1 aliphatic rings. The van der Waals surface area contributed by atoms with Crippen LogP contribution in [0.3, 0.4) is 0 Å². The van der Waals surface area contributed by atoms with Crippen LogP contribution < -0.4 is 5.32 Å². The van der Waals surface area contributed by atoms with Crippen LogP contribution in [0.15, 0.2) is 18.2 Å². The Kier molecular flexibility index (Phi) is 3.90. The van der Waals surface area contributed by atoms with Gasteiger partial charge in [-0.05, 0) is 43.5 Å². The maximum absolute atomic E-state index is 13.2. The zero-order valence-electron chi connectivity index (χ0n) is 8.22. The molecule has 1 atom stereocenters. The van der Waals surface area contributed by atoms with E-state index in [-0.39, 0.29) is 18.2 Å². The van der Waals surface area contributed by atoms with Crippen molar-refractivity contribution in [2.24, 2.45) is 0 Å². The molecule has 1 aliphatic heterocycles. The first-order valence-electron chi connectivity index (χ1n) is 4.77. The van der Waals surface area contributed by atoms with Crippen molar-refractivity contribution >= 4 is 12.4 Å². The summed E-state index contributed by atoms with van der Waals surface area (Å²) in [6.07, 6.45) is 2.32. The number of rotatable bonds is 1. The van der Waals surface area contributed by atoms with Crippen LogP contribution in [0.5, 0.6) is 0 Å². The Morgan fingerprint density at radius 2 is 2.21 bits per heavy atom. The molecular weight excluding hydrogens is 201 g/mol. The highest BCUT2D eigenvalue weighted by atomic mass is 35.5. The molecule has 1 nitrogen and oxygen atoms in total. The molecule has 14 heavy (non-hydrogen) atoms. The lowest BCUT2D eigenvalue weighted by molar-refractivity contribution is 0.600. The summed E-state index contributed by atoms with van der Waals surface area (Å²) in [5.74, 6) is -0.0915. The van der Waals surface area contributed by atoms with Crippen molar-refractivity contribution in [1.82, 2.24) is 5.32 Å². The normalized spacial score (nSPS) is 20.6. The summed E-state index contributed by atoms with van der Waals surface area (Å²) in [7, 11) is 0. The van der Waals surface area contributed by atoms with Gasteiger partial charge in [0, 0.05) is 6.04 Å². The molecule has 78 valence electrons. The molecular formula is C11H15ClFN. The second kappa shape index (κ2) is 4.76. The largest absolute Gasteiger partial charge is 0.310 e. The van der Waals surface area contributed by atoms with Gasteiger partial charge in [0.25, 0.3) is 0 Å². The van der Waals surface area contributed by atoms with Crippen LogP contribution >= 0.6 is 12.4 Å². The Labute approximate surface area is 90.1 Å². The van der Waals surface area contributed by atoms with Crippen LogP contribution in [0.25, 0.3) is 0 Å². The molecule has 0 spiro atoms. The van der Waals surface area contributed by atoms with Crippen LogP contribution in [0.1, 0.15) is 30.0 Å². The van der Waals surface area contributed by atoms with Gasteiger partial charge in [0.15, 0.2) is 0 Å². The van der Waals surface area contributed by atoms with E-state index in [1.807, 2.05) is 12.1 Å². The van der Waals surface area contributed by atoms with Crippen molar-refractivity contribution < 1.29 is 4.39 Å². The third-order valence-corrected chi connectivity index (χ3v) is 2.66. The molecule has 2 rings (SSSR count). The molecule has 1 N–H and O–H groups in total. The third-order valence-electron chi connectivity index (χ3n) is 2.66. The fraction of sp³-hybridized carbons (Fsp3) is 0.455. The van der Waals surface area contributed by atoms with Crippen LogP contribution in [0, 0.1) is 12.7 Å². The molecule has 0 unspecified atom stereocenters. The Hall–Kier alpha value is -0.600. The molecule has 0 aromatic heterocycles. The van der Waals surface area contributed by atoms with E-state index in [0.717, 1.165) is 24.1 Å². The van der Waals surface area contributed by atoms with Crippen molar-refractivity contribution in [3.8, 4) is 0 Å². The van der Waals surface area contributed by atoms with Gasteiger partial charge in [0.05, 0.1) is 0 Å². The number of aryl methyl sites for hydroxylation is 1. The zero-order chi connectivity index (χ0) is 9.26. The van der Waals surface area contributed by atoms with Gasteiger partial charge in [-0.15, -0.1) is 12.4 Å². The number of nitrogens with one attached hydrogen (secondary N) is 1. The van der Waals surface area contributed by atoms with Crippen molar-refractivity contribution in [3.63, 3.8) is 0 Å². The minimum absolute atomic E-state index is 0. The first-order valence-corrected chi connectivity index (χ1v) is 4.77.